The Labute approximate surface area is 238 Å². The van der Waals surface area contributed by atoms with Crippen molar-refractivity contribution in [2.45, 2.75) is 31.4 Å². The maximum Gasteiger partial charge on any atom is 0.416 e. The first-order chi connectivity index (χ1) is 19.9. The van der Waals surface area contributed by atoms with Gasteiger partial charge in [0.1, 0.15) is 11.8 Å². The summed E-state index contributed by atoms with van der Waals surface area (Å²) in [6.45, 7) is 0.582. The lowest BCUT2D eigenvalue weighted by Crippen LogP contribution is -2.54. The monoisotopic (exact) mass is 594 g/mol. The second kappa shape index (κ2) is 12.8. The van der Waals surface area contributed by atoms with Gasteiger partial charge in [0.05, 0.1) is 38.0 Å². The molecule has 3 aromatic carbocycles. The van der Waals surface area contributed by atoms with Crippen molar-refractivity contribution in [1.29, 1.82) is 0 Å². The standard InChI is InChI=1S/C30H28F6N2O4/c1-41-26-10-6-5-9-21(26)19-38(27(39)22-16-23(29(31,32)33)18-24(17-22)30(34,35)36)25(15-20-7-3-2-4-8-20)28(40)37-11-13-42-14-12-37/h2-10,16-18,25H,11-15,19H2,1H3. The fraction of sp³-hybridized carbons (Fsp3) is 0.333. The first-order valence-corrected chi connectivity index (χ1v) is 13.0. The van der Waals surface area contributed by atoms with Gasteiger partial charge >= 0.3 is 12.4 Å². The molecule has 1 atom stereocenters. The number of amides is 2. The summed E-state index contributed by atoms with van der Waals surface area (Å²) in [6.07, 6.45) is -10.4. The maximum absolute atomic E-state index is 14.1. The summed E-state index contributed by atoms with van der Waals surface area (Å²) in [5.74, 6) is -1.35. The van der Waals surface area contributed by atoms with E-state index in [9.17, 15) is 35.9 Å². The van der Waals surface area contributed by atoms with Crippen molar-refractivity contribution in [3.05, 3.63) is 101 Å². The molecule has 3 aromatic rings. The molecule has 2 amide bonds. The molecule has 1 fully saturated rings. The Morgan fingerprint density at radius 3 is 2.02 bits per heavy atom. The van der Waals surface area contributed by atoms with Gasteiger partial charge in [0, 0.05) is 30.6 Å². The Morgan fingerprint density at radius 2 is 1.45 bits per heavy atom. The van der Waals surface area contributed by atoms with Crippen LogP contribution in [0, 0.1) is 0 Å². The molecule has 224 valence electrons. The van der Waals surface area contributed by atoms with Gasteiger partial charge in [0.2, 0.25) is 5.91 Å². The predicted octanol–water partition coefficient (Wildman–Crippen LogP) is 5.85. The Morgan fingerprint density at radius 1 is 0.881 bits per heavy atom. The van der Waals surface area contributed by atoms with Crippen molar-refractivity contribution in [2.24, 2.45) is 0 Å². The lowest BCUT2D eigenvalue weighted by Gasteiger charge is -2.37. The molecule has 1 unspecified atom stereocenters. The molecule has 6 nitrogen and oxygen atoms in total. The number of para-hydroxylation sites is 1. The highest BCUT2D eigenvalue weighted by molar-refractivity contribution is 5.98. The number of nitrogens with zero attached hydrogens (tertiary/aromatic N) is 2. The molecule has 12 heteroatoms. The largest absolute Gasteiger partial charge is 0.496 e. The molecular weight excluding hydrogens is 566 g/mol. The van der Waals surface area contributed by atoms with Crippen LogP contribution in [0.1, 0.15) is 32.6 Å². The highest BCUT2D eigenvalue weighted by Gasteiger charge is 2.40. The van der Waals surface area contributed by atoms with Crippen LogP contribution in [0.5, 0.6) is 5.75 Å². The molecule has 0 saturated carbocycles. The lowest BCUT2D eigenvalue weighted by atomic mass is 9.99. The van der Waals surface area contributed by atoms with Crippen molar-refractivity contribution in [3.63, 3.8) is 0 Å². The minimum atomic E-state index is -5.16. The van der Waals surface area contributed by atoms with Crippen molar-refractivity contribution >= 4 is 11.8 Å². The number of rotatable bonds is 8. The number of alkyl halides is 6. The van der Waals surface area contributed by atoms with E-state index in [0.29, 0.717) is 29.0 Å². The van der Waals surface area contributed by atoms with Gasteiger partial charge in [-0.25, -0.2) is 0 Å². The summed E-state index contributed by atoms with van der Waals surface area (Å²) >= 11 is 0. The van der Waals surface area contributed by atoms with E-state index in [-0.39, 0.29) is 45.3 Å². The molecule has 1 aliphatic heterocycles. The number of halogens is 6. The number of morpholine rings is 1. The molecular formula is C30H28F6N2O4. The van der Waals surface area contributed by atoms with Crippen LogP contribution in [-0.4, -0.2) is 61.1 Å². The maximum atomic E-state index is 14.1. The average molecular weight is 595 g/mol. The van der Waals surface area contributed by atoms with Gasteiger partial charge in [-0.3, -0.25) is 9.59 Å². The van der Waals surface area contributed by atoms with Gasteiger partial charge in [-0.15, -0.1) is 0 Å². The molecule has 4 rings (SSSR count). The zero-order valence-electron chi connectivity index (χ0n) is 22.5. The van der Waals surface area contributed by atoms with Crippen LogP contribution in [0.2, 0.25) is 0 Å². The zero-order chi connectivity index (χ0) is 30.5. The molecule has 1 heterocycles. The quantitative estimate of drug-likeness (QED) is 0.308. The third-order valence-electron chi connectivity index (χ3n) is 6.88. The Bertz CT molecular complexity index is 1360. The van der Waals surface area contributed by atoms with Gasteiger partial charge in [0.15, 0.2) is 0 Å². The third kappa shape index (κ3) is 7.41. The van der Waals surface area contributed by atoms with E-state index < -0.39 is 46.9 Å². The highest BCUT2D eigenvalue weighted by Crippen LogP contribution is 2.37. The van der Waals surface area contributed by atoms with Crippen LogP contribution in [0.15, 0.2) is 72.8 Å². The van der Waals surface area contributed by atoms with E-state index in [1.54, 1.807) is 54.6 Å². The first-order valence-electron chi connectivity index (χ1n) is 13.0. The molecule has 0 aromatic heterocycles. The molecule has 42 heavy (non-hydrogen) atoms. The van der Waals surface area contributed by atoms with E-state index in [2.05, 4.69) is 0 Å². The first kappa shape index (κ1) is 30.9. The molecule has 1 aliphatic rings. The lowest BCUT2D eigenvalue weighted by molar-refractivity contribution is -0.143. The minimum absolute atomic E-state index is 0.0387. The summed E-state index contributed by atoms with van der Waals surface area (Å²) in [5, 5.41) is 0. The Balaban J connectivity index is 1.87. The van der Waals surface area contributed by atoms with Gasteiger partial charge < -0.3 is 19.3 Å². The fourth-order valence-electron chi connectivity index (χ4n) is 4.75. The molecule has 0 spiro atoms. The van der Waals surface area contributed by atoms with Crippen molar-refractivity contribution < 1.29 is 45.4 Å². The van der Waals surface area contributed by atoms with Crippen molar-refractivity contribution in [3.8, 4) is 5.75 Å². The summed E-state index contributed by atoms with van der Waals surface area (Å²) < 4.78 is 92.8. The highest BCUT2D eigenvalue weighted by atomic mass is 19.4. The number of carbonyl (C=O) groups excluding carboxylic acids is 2. The predicted molar refractivity (Wildman–Crippen MR) is 141 cm³/mol. The van der Waals surface area contributed by atoms with Crippen LogP contribution >= 0.6 is 0 Å². The van der Waals surface area contributed by atoms with Crippen LogP contribution < -0.4 is 4.74 Å². The summed E-state index contributed by atoms with van der Waals surface area (Å²) in [5.41, 5.74) is -3.06. The van der Waals surface area contributed by atoms with Gasteiger partial charge in [0.25, 0.3) is 5.91 Å². The van der Waals surface area contributed by atoms with Gasteiger partial charge in [-0.05, 0) is 29.8 Å². The average Bonchev–Trinajstić information content (AvgIpc) is 2.98. The number of benzene rings is 3. The van der Waals surface area contributed by atoms with Crippen LogP contribution in [-0.2, 0) is 34.8 Å². The van der Waals surface area contributed by atoms with E-state index >= 15 is 0 Å². The van der Waals surface area contributed by atoms with Crippen LogP contribution in [0.3, 0.4) is 0 Å². The molecule has 0 aliphatic carbocycles. The van der Waals surface area contributed by atoms with E-state index in [4.69, 9.17) is 9.47 Å². The van der Waals surface area contributed by atoms with Crippen molar-refractivity contribution in [2.75, 3.05) is 33.4 Å². The summed E-state index contributed by atoms with van der Waals surface area (Å²) in [6, 6.07) is 14.6. The fourth-order valence-corrected chi connectivity index (χ4v) is 4.75. The number of hydrogen-bond donors (Lipinski definition) is 0. The third-order valence-corrected chi connectivity index (χ3v) is 6.88. The second-order valence-electron chi connectivity index (χ2n) is 9.68. The van der Waals surface area contributed by atoms with E-state index in [1.807, 2.05) is 0 Å². The minimum Gasteiger partial charge on any atom is -0.496 e. The van der Waals surface area contributed by atoms with E-state index in [0.717, 1.165) is 4.90 Å². The van der Waals surface area contributed by atoms with Gasteiger partial charge in [-0.1, -0.05) is 48.5 Å². The zero-order valence-corrected chi connectivity index (χ0v) is 22.5. The number of ether oxygens (including phenoxy) is 2. The molecule has 0 bridgehead atoms. The molecule has 0 N–H and O–H groups in total. The normalized spacial score (nSPS) is 14.8. The number of carbonyl (C=O) groups is 2. The van der Waals surface area contributed by atoms with Crippen molar-refractivity contribution in [1.82, 2.24) is 9.80 Å². The Kier molecular flexibility index (Phi) is 9.45. The number of methoxy groups -OCH3 is 1. The molecule has 1 saturated heterocycles. The van der Waals surface area contributed by atoms with E-state index in [1.165, 1.54) is 12.0 Å². The summed E-state index contributed by atoms with van der Waals surface area (Å²) in [7, 11) is 1.38. The molecule has 0 radical (unpaired) electrons. The SMILES string of the molecule is COc1ccccc1CN(C(=O)c1cc(C(F)(F)F)cc(C(F)(F)F)c1)C(Cc1ccccc1)C(=O)N1CCOCC1. The Hall–Kier alpha value is -4.06. The second-order valence-corrected chi connectivity index (χ2v) is 9.68. The van der Waals surface area contributed by atoms with Crippen LogP contribution in [0.25, 0.3) is 0 Å². The van der Waals surface area contributed by atoms with Crippen LogP contribution in [0.4, 0.5) is 26.3 Å². The topological polar surface area (TPSA) is 59.1 Å². The van der Waals surface area contributed by atoms with Gasteiger partial charge in [-0.2, -0.15) is 26.3 Å². The summed E-state index contributed by atoms with van der Waals surface area (Å²) in [4.78, 5) is 30.5. The smallest absolute Gasteiger partial charge is 0.416 e. The number of hydrogen-bond acceptors (Lipinski definition) is 4.